The van der Waals surface area contributed by atoms with Crippen LogP contribution in [0.25, 0.3) is 16.8 Å². The highest BCUT2D eigenvalue weighted by atomic mass is 32.2. The van der Waals surface area contributed by atoms with Gasteiger partial charge in [-0.1, -0.05) is 30.0 Å². The van der Waals surface area contributed by atoms with Crippen molar-refractivity contribution in [2.45, 2.75) is 12.1 Å². The van der Waals surface area contributed by atoms with E-state index in [-0.39, 0.29) is 11.7 Å². The van der Waals surface area contributed by atoms with E-state index in [1.54, 1.807) is 24.4 Å². The molecular weight excluding hydrogens is 364 g/mol. The molecule has 0 aliphatic heterocycles. The minimum Gasteiger partial charge on any atom is -0.408 e. The van der Waals surface area contributed by atoms with Gasteiger partial charge in [0.15, 0.2) is 10.7 Å². The number of oxazole rings is 1. The van der Waals surface area contributed by atoms with Crippen LogP contribution in [0.2, 0.25) is 0 Å². The Morgan fingerprint density at radius 2 is 2.15 bits per heavy atom. The zero-order chi connectivity index (χ0) is 18.8. The van der Waals surface area contributed by atoms with Crippen LogP contribution in [0, 0.1) is 6.92 Å². The zero-order valence-electron chi connectivity index (χ0n) is 14.4. The zero-order valence-corrected chi connectivity index (χ0v) is 15.2. The molecule has 4 aromatic rings. The summed E-state index contributed by atoms with van der Waals surface area (Å²) in [6, 6.07) is 13.0. The van der Waals surface area contributed by atoms with Crippen LogP contribution in [0.5, 0.6) is 0 Å². The lowest BCUT2D eigenvalue weighted by molar-refractivity contribution is -0.113. The Balaban J connectivity index is 1.44. The maximum atomic E-state index is 12.3. The second-order valence-corrected chi connectivity index (χ2v) is 6.87. The van der Waals surface area contributed by atoms with Gasteiger partial charge in [-0.05, 0) is 36.8 Å². The smallest absolute Gasteiger partial charge is 0.408 e. The number of aromatic amines is 1. The molecule has 1 amide bonds. The van der Waals surface area contributed by atoms with Crippen molar-refractivity contribution < 1.29 is 9.21 Å². The summed E-state index contributed by atoms with van der Waals surface area (Å²) >= 11 is 1.36. The second kappa shape index (κ2) is 7.16. The van der Waals surface area contributed by atoms with Gasteiger partial charge in [-0.15, -0.1) is 0 Å². The summed E-state index contributed by atoms with van der Waals surface area (Å²) in [4.78, 5) is 30.4. The van der Waals surface area contributed by atoms with Crippen LogP contribution in [0.4, 0.5) is 5.69 Å². The van der Waals surface area contributed by atoms with Gasteiger partial charge in [-0.25, -0.2) is 9.78 Å². The van der Waals surface area contributed by atoms with E-state index in [1.807, 2.05) is 42.0 Å². The van der Waals surface area contributed by atoms with Crippen molar-refractivity contribution in [1.82, 2.24) is 14.5 Å². The number of anilines is 1. The van der Waals surface area contributed by atoms with Gasteiger partial charge in [0.25, 0.3) is 0 Å². The molecule has 0 saturated carbocycles. The highest BCUT2D eigenvalue weighted by Gasteiger charge is 2.11. The van der Waals surface area contributed by atoms with E-state index in [0.29, 0.717) is 16.8 Å². The number of imidazole rings is 1. The van der Waals surface area contributed by atoms with Crippen LogP contribution in [0.15, 0.2) is 69.2 Å². The molecule has 0 bridgehead atoms. The number of nitrogens with one attached hydrogen (secondary N) is 2. The van der Waals surface area contributed by atoms with Crippen molar-refractivity contribution in [3.8, 4) is 5.69 Å². The molecule has 0 atom stereocenters. The predicted molar refractivity (Wildman–Crippen MR) is 104 cm³/mol. The van der Waals surface area contributed by atoms with Crippen LogP contribution in [0.3, 0.4) is 0 Å². The van der Waals surface area contributed by atoms with E-state index in [9.17, 15) is 9.59 Å². The number of benzene rings is 2. The van der Waals surface area contributed by atoms with Crippen LogP contribution < -0.4 is 11.1 Å². The third-order valence-electron chi connectivity index (χ3n) is 4.02. The van der Waals surface area contributed by atoms with Gasteiger partial charge in [-0.2, -0.15) is 0 Å². The van der Waals surface area contributed by atoms with Gasteiger partial charge < -0.3 is 9.73 Å². The van der Waals surface area contributed by atoms with E-state index in [4.69, 9.17) is 4.42 Å². The fraction of sp³-hybridized carbons (Fsp3) is 0.105. The van der Waals surface area contributed by atoms with Crippen LogP contribution in [-0.4, -0.2) is 26.2 Å². The maximum absolute atomic E-state index is 12.3. The molecule has 2 heterocycles. The third kappa shape index (κ3) is 3.65. The molecule has 0 radical (unpaired) electrons. The quantitative estimate of drug-likeness (QED) is 0.518. The standard InChI is InChI=1S/C19H16N4O3S/c1-12-4-2-3-5-15(12)23-9-8-20-18(23)27-11-17(24)21-13-6-7-16-14(10-13)22-19(25)26-16/h2-10H,11H2,1H3,(H,21,24)(H,22,25). The second-order valence-electron chi connectivity index (χ2n) is 5.93. The van der Waals surface area contributed by atoms with Gasteiger partial charge in [0.1, 0.15) is 0 Å². The van der Waals surface area contributed by atoms with Gasteiger partial charge in [0.05, 0.1) is 17.0 Å². The third-order valence-corrected chi connectivity index (χ3v) is 4.98. The molecule has 27 heavy (non-hydrogen) atoms. The van der Waals surface area contributed by atoms with E-state index >= 15 is 0 Å². The highest BCUT2D eigenvalue weighted by Crippen LogP contribution is 2.23. The van der Waals surface area contributed by atoms with Crippen molar-refractivity contribution in [2.75, 3.05) is 11.1 Å². The molecule has 0 saturated heterocycles. The minimum atomic E-state index is -0.521. The molecule has 2 N–H and O–H groups in total. The lowest BCUT2D eigenvalue weighted by Gasteiger charge is -2.10. The minimum absolute atomic E-state index is 0.162. The van der Waals surface area contributed by atoms with E-state index in [1.165, 1.54) is 11.8 Å². The average molecular weight is 380 g/mol. The van der Waals surface area contributed by atoms with Crippen LogP contribution in [-0.2, 0) is 4.79 Å². The Morgan fingerprint density at radius 3 is 3.00 bits per heavy atom. The van der Waals surface area contributed by atoms with Crippen LogP contribution >= 0.6 is 11.8 Å². The van der Waals surface area contributed by atoms with Gasteiger partial charge in [-0.3, -0.25) is 14.3 Å². The highest BCUT2D eigenvalue weighted by molar-refractivity contribution is 7.99. The summed E-state index contributed by atoms with van der Waals surface area (Å²) in [7, 11) is 0. The molecule has 2 aromatic heterocycles. The molecule has 7 nitrogen and oxygen atoms in total. The van der Waals surface area contributed by atoms with Crippen LogP contribution in [0.1, 0.15) is 5.56 Å². The number of aryl methyl sites for hydroxylation is 1. The van der Waals surface area contributed by atoms with Gasteiger partial charge in [0.2, 0.25) is 5.91 Å². The summed E-state index contributed by atoms with van der Waals surface area (Å²) in [6.07, 6.45) is 3.60. The Labute approximate surface area is 158 Å². The Bertz CT molecular complexity index is 1170. The van der Waals surface area contributed by atoms with Crippen molar-refractivity contribution >= 4 is 34.5 Å². The number of thioether (sulfide) groups is 1. The van der Waals surface area contributed by atoms with E-state index in [0.717, 1.165) is 16.4 Å². The number of amides is 1. The van der Waals surface area contributed by atoms with E-state index in [2.05, 4.69) is 15.3 Å². The number of aromatic nitrogens is 3. The lowest BCUT2D eigenvalue weighted by Crippen LogP contribution is -2.14. The molecular formula is C19H16N4O3S. The monoisotopic (exact) mass is 380 g/mol. The first-order valence-electron chi connectivity index (χ1n) is 8.25. The summed E-state index contributed by atoms with van der Waals surface area (Å²) in [5.41, 5.74) is 3.75. The maximum Gasteiger partial charge on any atom is 0.417 e. The number of carbonyl (C=O) groups excluding carboxylic acids is 1. The molecule has 2 aromatic carbocycles. The summed E-state index contributed by atoms with van der Waals surface area (Å²) in [6.45, 7) is 2.03. The normalized spacial score (nSPS) is 11.0. The number of hydrogen-bond acceptors (Lipinski definition) is 5. The summed E-state index contributed by atoms with van der Waals surface area (Å²) < 4.78 is 6.92. The topological polar surface area (TPSA) is 92.9 Å². The summed E-state index contributed by atoms with van der Waals surface area (Å²) in [5.74, 6) is -0.473. The number of rotatable bonds is 5. The fourth-order valence-electron chi connectivity index (χ4n) is 2.77. The largest absolute Gasteiger partial charge is 0.417 e. The Kier molecular flexibility index (Phi) is 4.55. The molecule has 0 fully saturated rings. The number of fused-ring (bicyclic) bond motifs is 1. The number of hydrogen-bond donors (Lipinski definition) is 2. The average Bonchev–Trinajstić information content (AvgIpc) is 3.25. The molecule has 0 aliphatic rings. The molecule has 136 valence electrons. The SMILES string of the molecule is Cc1ccccc1-n1ccnc1SCC(=O)Nc1ccc2oc(=O)[nH]c2c1. The predicted octanol–water partition coefficient (Wildman–Crippen LogP) is 3.35. The van der Waals surface area contributed by atoms with Gasteiger partial charge >= 0.3 is 5.76 Å². The summed E-state index contributed by atoms with van der Waals surface area (Å²) in [5, 5.41) is 3.56. The number of nitrogens with zero attached hydrogens (tertiary/aromatic N) is 2. The fourth-order valence-corrected chi connectivity index (χ4v) is 3.54. The lowest BCUT2D eigenvalue weighted by atomic mass is 10.2. The molecule has 0 unspecified atom stereocenters. The first kappa shape index (κ1) is 17.2. The van der Waals surface area contributed by atoms with Gasteiger partial charge in [0, 0.05) is 18.1 Å². The Morgan fingerprint density at radius 1 is 1.30 bits per heavy atom. The Hall–Kier alpha value is -3.26. The molecule has 0 spiro atoms. The first-order valence-corrected chi connectivity index (χ1v) is 9.23. The molecule has 4 rings (SSSR count). The van der Waals surface area contributed by atoms with Crippen molar-refractivity contribution in [3.63, 3.8) is 0 Å². The number of para-hydroxylation sites is 1. The first-order chi connectivity index (χ1) is 13.1. The van der Waals surface area contributed by atoms with E-state index < -0.39 is 5.76 Å². The van der Waals surface area contributed by atoms with Crippen molar-refractivity contribution in [2.24, 2.45) is 0 Å². The van der Waals surface area contributed by atoms with Crippen molar-refractivity contribution in [1.29, 1.82) is 0 Å². The molecule has 8 heteroatoms. The molecule has 0 aliphatic carbocycles. The number of carbonyl (C=O) groups is 1. The number of H-pyrrole nitrogens is 1. The van der Waals surface area contributed by atoms with Crippen molar-refractivity contribution in [3.05, 3.63) is 71.0 Å².